The molecule has 0 atom stereocenters. The van der Waals surface area contributed by atoms with Crippen molar-refractivity contribution in [2.75, 3.05) is 11.1 Å². The highest BCUT2D eigenvalue weighted by Gasteiger charge is 2.14. The summed E-state index contributed by atoms with van der Waals surface area (Å²) in [4.78, 5) is 23.8. The number of rotatable bonds is 4. The Morgan fingerprint density at radius 2 is 1.96 bits per heavy atom. The van der Waals surface area contributed by atoms with Crippen molar-refractivity contribution in [3.63, 3.8) is 0 Å². The van der Waals surface area contributed by atoms with Gasteiger partial charge >= 0.3 is 0 Å². The Hall–Kier alpha value is -3.41. The van der Waals surface area contributed by atoms with Gasteiger partial charge in [-0.1, -0.05) is 12.1 Å². The monoisotopic (exact) mass is 320 g/mol. The molecule has 0 fully saturated rings. The molecule has 0 aliphatic rings. The summed E-state index contributed by atoms with van der Waals surface area (Å²) in [6, 6.07) is 13.7. The molecule has 0 aliphatic carbocycles. The maximum absolute atomic E-state index is 12.7. The van der Waals surface area contributed by atoms with Gasteiger partial charge in [0.25, 0.3) is 0 Å². The van der Waals surface area contributed by atoms with Gasteiger partial charge in [-0.15, -0.1) is 0 Å². The van der Waals surface area contributed by atoms with E-state index in [0.717, 1.165) is 5.69 Å². The van der Waals surface area contributed by atoms with Gasteiger partial charge in [-0.2, -0.15) is 5.10 Å². The van der Waals surface area contributed by atoms with E-state index in [9.17, 15) is 9.59 Å². The number of hydrogen-bond acceptors (Lipinski definition) is 4. The van der Waals surface area contributed by atoms with Crippen LogP contribution >= 0.6 is 0 Å². The summed E-state index contributed by atoms with van der Waals surface area (Å²) in [5.74, 6) is -0.394. The number of hydrogen-bond donors (Lipinski definition) is 2. The van der Waals surface area contributed by atoms with Crippen molar-refractivity contribution in [1.82, 2.24) is 9.78 Å². The van der Waals surface area contributed by atoms with Gasteiger partial charge in [0.1, 0.15) is 0 Å². The van der Waals surface area contributed by atoms with Crippen LogP contribution in [0, 0.1) is 0 Å². The summed E-state index contributed by atoms with van der Waals surface area (Å²) in [5.41, 5.74) is 8.64. The summed E-state index contributed by atoms with van der Waals surface area (Å²) in [6.07, 6.45) is 3.47. The van der Waals surface area contributed by atoms with E-state index in [-0.39, 0.29) is 11.7 Å². The van der Waals surface area contributed by atoms with Gasteiger partial charge in [0.15, 0.2) is 5.78 Å². The van der Waals surface area contributed by atoms with Gasteiger partial charge in [0, 0.05) is 41.8 Å². The number of nitrogen functional groups attached to an aromatic ring is 1. The maximum Gasteiger partial charge on any atom is 0.221 e. The molecule has 0 saturated carbocycles. The van der Waals surface area contributed by atoms with Gasteiger partial charge in [-0.25, -0.2) is 4.68 Å². The summed E-state index contributed by atoms with van der Waals surface area (Å²) in [5, 5.41) is 6.80. The van der Waals surface area contributed by atoms with E-state index in [2.05, 4.69) is 10.4 Å². The van der Waals surface area contributed by atoms with E-state index in [4.69, 9.17) is 5.73 Å². The number of carbonyl (C=O) groups excluding carboxylic acids is 2. The fraction of sp³-hybridized carbons (Fsp3) is 0.0556. The van der Waals surface area contributed by atoms with Crippen molar-refractivity contribution in [2.45, 2.75) is 6.92 Å². The van der Waals surface area contributed by atoms with Crippen molar-refractivity contribution < 1.29 is 9.59 Å². The number of ketones is 1. The van der Waals surface area contributed by atoms with Crippen LogP contribution in [0.15, 0.2) is 60.9 Å². The standard InChI is InChI=1S/C18H16N4O2/c1-12(23)21-14-5-2-4-13(10-14)18(24)16-7-6-15(11-17(16)19)22-9-3-8-20-22/h2-11H,19H2,1H3,(H,21,23). The molecule has 2 aromatic carbocycles. The minimum Gasteiger partial charge on any atom is -0.398 e. The number of anilines is 2. The molecule has 1 amide bonds. The summed E-state index contributed by atoms with van der Waals surface area (Å²) >= 11 is 0. The quantitative estimate of drug-likeness (QED) is 0.571. The molecule has 1 heterocycles. The average Bonchev–Trinajstić information content (AvgIpc) is 3.08. The Labute approximate surface area is 138 Å². The third-order valence-corrected chi connectivity index (χ3v) is 3.49. The summed E-state index contributed by atoms with van der Waals surface area (Å²) < 4.78 is 1.67. The van der Waals surface area contributed by atoms with E-state index < -0.39 is 0 Å². The minimum absolute atomic E-state index is 0.192. The Morgan fingerprint density at radius 1 is 1.12 bits per heavy atom. The predicted octanol–water partition coefficient (Wildman–Crippen LogP) is 2.64. The van der Waals surface area contributed by atoms with Crippen LogP contribution in [-0.2, 0) is 4.79 Å². The average molecular weight is 320 g/mol. The molecular formula is C18H16N4O2. The number of nitrogens with zero attached hydrogens (tertiary/aromatic N) is 2. The largest absolute Gasteiger partial charge is 0.398 e. The lowest BCUT2D eigenvalue weighted by Gasteiger charge is -2.09. The predicted molar refractivity (Wildman–Crippen MR) is 92.2 cm³/mol. The molecule has 3 aromatic rings. The molecule has 6 nitrogen and oxygen atoms in total. The first-order valence-corrected chi connectivity index (χ1v) is 7.36. The topological polar surface area (TPSA) is 90.0 Å². The summed E-state index contributed by atoms with van der Waals surface area (Å²) in [6.45, 7) is 1.42. The lowest BCUT2D eigenvalue weighted by molar-refractivity contribution is -0.114. The molecular weight excluding hydrogens is 304 g/mol. The van der Waals surface area contributed by atoms with Crippen LogP contribution in [0.5, 0.6) is 0 Å². The van der Waals surface area contributed by atoms with Crippen LogP contribution in [0.4, 0.5) is 11.4 Å². The molecule has 1 aromatic heterocycles. The van der Waals surface area contributed by atoms with Gasteiger partial charge in [0.05, 0.1) is 5.69 Å². The number of benzene rings is 2. The molecule has 0 bridgehead atoms. The lowest BCUT2D eigenvalue weighted by Crippen LogP contribution is -2.09. The van der Waals surface area contributed by atoms with E-state index in [1.165, 1.54) is 6.92 Å². The second kappa shape index (κ2) is 6.37. The van der Waals surface area contributed by atoms with E-state index in [1.807, 2.05) is 6.07 Å². The third kappa shape index (κ3) is 3.17. The highest BCUT2D eigenvalue weighted by Crippen LogP contribution is 2.21. The number of nitrogens with two attached hydrogens (primary N) is 1. The van der Waals surface area contributed by atoms with E-state index in [0.29, 0.717) is 22.5 Å². The normalized spacial score (nSPS) is 10.4. The maximum atomic E-state index is 12.7. The zero-order chi connectivity index (χ0) is 17.1. The van der Waals surface area contributed by atoms with Crippen molar-refractivity contribution >= 4 is 23.1 Å². The molecule has 0 saturated heterocycles. The van der Waals surface area contributed by atoms with Crippen molar-refractivity contribution in [3.8, 4) is 5.69 Å². The van der Waals surface area contributed by atoms with Crippen LogP contribution in [0.3, 0.4) is 0 Å². The van der Waals surface area contributed by atoms with Crippen LogP contribution in [-0.4, -0.2) is 21.5 Å². The smallest absolute Gasteiger partial charge is 0.221 e. The van der Waals surface area contributed by atoms with Crippen LogP contribution < -0.4 is 11.1 Å². The highest BCUT2D eigenvalue weighted by molar-refractivity contribution is 6.12. The zero-order valence-corrected chi connectivity index (χ0v) is 13.1. The fourth-order valence-electron chi connectivity index (χ4n) is 2.42. The second-order valence-electron chi connectivity index (χ2n) is 5.31. The molecule has 0 radical (unpaired) electrons. The molecule has 0 unspecified atom stereocenters. The fourth-order valence-corrected chi connectivity index (χ4v) is 2.42. The van der Waals surface area contributed by atoms with Crippen molar-refractivity contribution in [1.29, 1.82) is 0 Å². The number of aromatic nitrogens is 2. The Bertz CT molecular complexity index is 901. The Balaban J connectivity index is 1.91. The second-order valence-corrected chi connectivity index (χ2v) is 5.31. The molecule has 120 valence electrons. The minimum atomic E-state index is -0.202. The molecule has 0 aliphatic heterocycles. The Kier molecular flexibility index (Phi) is 4.11. The first-order chi connectivity index (χ1) is 11.5. The molecule has 24 heavy (non-hydrogen) atoms. The van der Waals surface area contributed by atoms with Gasteiger partial charge in [-0.3, -0.25) is 9.59 Å². The SMILES string of the molecule is CC(=O)Nc1cccc(C(=O)c2ccc(-n3cccn3)cc2N)c1. The molecule has 0 spiro atoms. The first kappa shape index (κ1) is 15.5. The number of carbonyl (C=O) groups is 2. The Morgan fingerprint density at radius 3 is 2.62 bits per heavy atom. The molecule has 3 rings (SSSR count). The first-order valence-electron chi connectivity index (χ1n) is 7.36. The molecule has 6 heteroatoms. The van der Waals surface area contributed by atoms with Crippen LogP contribution in [0.2, 0.25) is 0 Å². The highest BCUT2D eigenvalue weighted by atomic mass is 16.1. The summed E-state index contributed by atoms with van der Waals surface area (Å²) in [7, 11) is 0. The van der Waals surface area contributed by atoms with Crippen molar-refractivity contribution in [2.24, 2.45) is 0 Å². The third-order valence-electron chi connectivity index (χ3n) is 3.49. The molecule has 3 N–H and O–H groups in total. The van der Waals surface area contributed by atoms with Gasteiger partial charge in [0.2, 0.25) is 5.91 Å². The zero-order valence-electron chi connectivity index (χ0n) is 13.1. The number of amides is 1. The van der Waals surface area contributed by atoms with Crippen molar-refractivity contribution in [3.05, 3.63) is 72.1 Å². The van der Waals surface area contributed by atoms with E-state index >= 15 is 0 Å². The lowest BCUT2D eigenvalue weighted by atomic mass is 10.0. The number of nitrogens with one attached hydrogen (secondary N) is 1. The van der Waals surface area contributed by atoms with E-state index in [1.54, 1.807) is 59.5 Å². The van der Waals surface area contributed by atoms with Gasteiger partial charge in [-0.05, 0) is 36.4 Å². The van der Waals surface area contributed by atoms with Gasteiger partial charge < -0.3 is 11.1 Å². The van der Waals surface area contributed by atoms with Crippen LogP contribution in [0.25, 0.3) is 5.69 Å². The van der Waals surface area contributed by atoms with Crippen LogP contribution in [0.1, 0.15) is 22.8 Å².